The van der Waals surface area contributed by atoms with Crippen LogP contribution in [-0.4, -0.2) is 30.7 Å². The molecule has 0 aliphatic rings. The Kier molecular flexibility index (Phi) is 15.4. The minimum absolute atomic E-state index is 0.205. The van der Waals surface area contributed by atoms with Crippen LogP contribution in [0.1, 0.15) is 89.9 Å². The molecule has 0 aromatic heterocycles. The number of hydrogen-bond donors (Lipinski definition) is 0. The van der Waals surface area contributed by atoms with Gasteiger partial charge in [-0.15, -0.1) is 13.2 Å². The summed E-state index contributed by atoms with van der Waals surface area (Å²) in [6.45, 7) is 8.28. The molecule has 7 heteroatoms. The average Bonchev–Trinajstić information content (AvgIpc) is 2.80. The van der Waals surface area contributed by atoms with Crippen LogP contribution in [0.25, 0.3) is 0 Å². The highest BCUT2D eigenvalue weighted by Crippen LogP contribution is 2.27. The maximum atomic E-state index is 13.3. The number of para-hydroxylation sites is 1. The van der Waals surface area contributed by atoms with Gasteiger partial charge in [-0.1, -0.05) is 75.7 Å². The third-order valence-corrected chi connectivity index (χ3v) is 7.76. The van der Waals surface area contributed by atoms with E-state index in [1.165, 1.54) is 22.5 Å². The fourth-order valence-electron chi connectivity index (χ4n) is 3.89. The van der Waals surface area contributed by atoms with E-state index in [-0.39, 0.29) is 10.6 Å². The van der Waals surface area contributed by atoms with Gasteiger partial charge in [0.2, 0.25) is 10.0 Å². The summed E-state index contributed by atoms with van der Waals surface area (Å²) in [4.78, 5) is 10.6. The highest BCUT2D eigenvalue weighted by Gasteiger charge is 2.30. The van der Waals surface area contributed by atoms with Crippen LogP contribution in [-0.2, 0) is 10.0 Å². The lowest BCUT2D eigenvalue weighted by atomic mass is 10.1. The number of unbranched alkanes of at least 4 members (excludes halogenated alkanes) is 12. The third kappa shape index (κ3) is 11.6. The van der Waals surface area contributed by atoms with E-state index in [0.29, 0.717) is 13.1 Å². The Hall–Kier alpha value is -1.99. The van der Waals surface area contributed by atoms with Crippen molar-refractivity contribution in [3.05, 3.63) is 59.7 Å². The predicted octanol–water partition coefficient (Wildman–Crippen LogP) is 7.42. The Bertz CT molecular complexity index is 784. The van der Waals surface area contributed by atoms with Crippen molar-refractivity contribution < 1.29 is 13.3 Å². The molecule has 0 aliphatic carbocycles. The summed E-state index contributed by atoms with van der Waals surface area (Å²) < 4.78 is 28.1. The Morgan fingerprint density at radius 2 is 1.18 bits per heavy atom. The van der Waals surface area contributed by atoms with Crippen molar-refractivity contribution in [1.29, 1.82) is 0 Å². The van der Waals surface area contributed by atoms with E-state index < -0.39 is 14.9 Å². The number of nitro groups is 1. The van der Waals surface area contributed by atoms with Crippen molar-refractivity contribution in [2.24, 2.45) is 0 Å². The average molecular weight is 479 g/mol. The zero-order valence-corrected chi connectivity index (χ0v) is 20.9. The first kappa shape index (κ1) is 29.0. The van der Waals surface area contributed by atoms with Gasteiger partial charge in [-0.2, -0.15) is 4.31 Å². The predicted molar refractivity (Wildman–Crippen MR) is 137 cm³/mol. The van der Waals surface area contributed by atoms with Crippen molar-refractivity contribution >= 4 is 15.7 Å². The van der Waals surface area contributed by atoms with E-state index in [1.54, 1.807) is 6.07 Å². The van der Waals surface area contributed by atoms with E-state index >= 15 is 0 Å². The fraction of sp³-hybridized carbons (Fsp3) is 0.615. The van der Waals surface area contributed by atoms with Gasteiger partial charge in [-0.25, -0.2) is 8.42 Å². The molecule has 0 radical (unpaired) electrons. The summed E-state index contributed by atoms with van der Waals surface area (Å²) in [6, 6.07) is 5.65. The molecular weight excluding hydrogens is 436 g/mol. The normalized spacial score (nSPS) is 11.5. The molecule has 0 amide bonds. The molecule has 6 nitrogen and oxygen atoms in total. The molecule has 186 valence electrons. The van der Waals surface area contributed by atoms with Crippen LogP contribution >= 0.6 is 0 Å². The lowest BCUT2D eigenvalue weighted by Gasteiger charge is -2.22. The Balaban J connectivity index is 2.67. The number of nitrogens with zero attached hydrogens (tertiary/aromatic N) is 2. The Morgan fingerprint density at radius 3 is 1.64 bits per heavy atom. The van der Waals surface area contributed by atoms with E-state index in [2.05, 4.69) is 13.2 Å². The van der Waals surface area contributed by atoms with Gasteiger partial charge in [0.1, 0.15) is 0 Å². The molecule has 0 aliphatic heterocycles. The standard InChI is InChI=1S/C26H42N2O4S/c1-3-5-7-9-11-13-15-19-23-27(24-20-16-14-12-10-8-6-4-2)33(31,32)26-22-18-17-21-25(26)28(29)30/h3-4,17-18,21-22H,1-2,5-16,19-20,23-24H2. The van der Waals surface area contributed by atoms with Gasteiger partial charge >= 0.3 is 0 Å². The van der Waals surface area contributed by atoms with Crippen LogP contribution in [0, 0.1) is 10.1 Å². The molecule has 0 fully saturated rings. The second kappa shape index (κ2) is 17.5. The third-order valence-electron chi connectivity index (χ3n) is 5.81. The molecule has 0 saturated heterocycles. The minimum atomic E-state index is -3.92. The van der Waals surface area contributed by atoms with Crippen molar-refractivity contribution in [2.75, 3.05) is 13.1 Å². The molecule has 1 aromatic rings. The highest BCUT2D eigenvalue weighted by molar-refractivity contribution is 7.89. The SMILES string of the molecule is C=CCCCCCCCCN(CCCCCCCCC=C)S(=O)(=O)c1ccccc1[N+](=O)[O-]. The highest BCUT2D eigenvalue weighted by atomic mass is 32.2. The summed E-state index contributed by atoms with van der Waals surface area (Å²) in [6.07, 6.45) is 18.4. The molecular formula is C26H42N2O4S. The number of hydrogen-bond acceptors (Lipinski definition) is 4. The van der Waals surface area contributed by atoms with E-state index in [1.807, 2.05) is 12.2 Å². The molecule has 0 spiro atoms. The van der Waals surface area contributed by atoms with Gasteiger partial charge < -0.3 is 0 Å². The van der Waals surface area contributed by atoms with E-state index in [0.717, 1.165) is 89.9 Å². The Morgan fingerprint density at radius 1 is 0.758 bits per heavy atom. The van der Waals surface area contributed by atoms with Crippen molar-refractivity contribution in [3.8, 4) is 0 Å². The van der Waals surface area contributed by atoms with Gasteiger partial charge in [-0.3, -0.25) is 10.1 Å². The first-order valence-electron chi connectivity index (χ1n) is 12.4. The van der Waals surface area contributed by atoms with E-state index in [9.17, 15) is 18.5 Å². The topological polar surface area (TPSA) is 80.5 Å². The maximum absolute atomic E-state index is 13.3. The second-order valence-corrected chi connectivity index (χ2v) is 10.4. The summed E-state index contributed by atoms with van der Waals surface area (Å²) in [5, 5.41) is 11.4. The van der Waals surface area contributed by atoms with Crippen LogP contribution in [0.3, 0.4) is 0 Å². The quantitative estimate of drug-likeness (QED) is 0.0796. The lowest BCUT2D eigenvalue weighted by molar-refractivity contribution is -0.387. The largest absolute Gasteiger partial charge is 0.289 e. The van der Waals surface area contributed by atoms with Crippen LogP contribution in [0.5, 0.6) is 0 Å². The minimum Gasteiger partial charge on any atom is -0.258 e. The van der Waals surface area contributed by atoms with Crippen molar-refractivity contribution in [2.45, 2.75) is 94.8 Å². The molecule has 1 aromatic carbocycles. The van der Waals surface area contributed by atoms with Gasteiger partial charge in [0, 0.05) is 19.2 Å². The summed E-state index contributed by atoms with van der Waals surface area (Å²) in [5.41, 5.74) is -0.355. The molecule has 0 bridgehead atoms. The van der Waals surface area contributed by atoms with Gasteiger partial charge in [0.05, 0.1) is 4.92 Å². The van der Waals surface area contributed by atoms with Crippen molar-refractivity contribution in [3.63, 3.8) is 0 Å². The smallest absolute Gasteiger partial charge is 0.258 e. The molecule has 0 unspecified atom stereocenters. The molecule has 1 rings (SSSR count). The van der Waals surface area contributed by atoms with E-state index in [4.69, 9.17) is 0 Å². The summed E-state index contributed by atoms with van der Waals surface area (Å²) in [5.74, 6) is 0. The number of allylic oxidation sites excluding steroid dienone is 2. The Labute approximate surface area is 201 Å². The van der Waals surface area contributed by atoms with Crippen LogP contribution in [0.15, 0.2) is 54.5 Å². The molecule has 0 heterocycles. The zero-order valence-electron chi connectivity index (χ0n) is 20.1. The molecule has 0 saturated carbocycles. The first-order chi connectivity index (χ1) is 15.9. The number of nitro benzene ring substituents is 1. The number of rotatable bonds is 21. The van der Waals surface area contributed by atoms with Crippen LogP contribution in [0.4, 0.5) is 5.69 Å². The fourth-order valence-corrected chi connectivity index (χ4v) is 5.56. The number of sulfonamides is 1. The summed E-state index contributed by atoms with van der Waals surface area (Å²) in [7, 11) is -3.92. The lowest BCUT2D eigenvalue weighted by Crippen LogP contribution is -2.33. The van der Waals surface area contributed by atoms with Gasteiger partial charge in [0.15, 0.2) is 4.90 Å². The monoisotopic (exact) mass is 478 g/mol. The maximum Gasteiger partial charge on any atom is 0.289 e. The molecule has 0 N–H and O–H groups in total. The van der Waals surface area contributed by atoms with Gasteiger partial charge in [0.25, 0.3) is 5.69 Å². The van der Waals surface area contributed by atoms with Crippen LogP contribution in [0.2, 0.25) is 0 Å². The molecule has 33 heavy (non-hydrogen) atoms. The zero-order chi connectivity index (χ0) is 24.4. The van der Waals surface area contributed by atoms with Crippen molar-refractivity contribution in [1.82, 2.24) is 4.31 Å². The first-order valence-corrected chi connectivity index (χ1v) is 13.8. The molecule has 0 atom stereocenters. The summed E-state index contributed by atoms with van der Waals surface area (Å²) >= 11 is 0. The number of benzene rings is 1. The van der Waals surface area contributed by atoms with Gasteiger partial charge in [-0.05, 0) is 44.6 Å². The van der Waals surface area contributed by atoms with Crippen LogP contribution < -0.4 is 0 Å². The second-order valence-electron chi connectivity index (χ2n) is 8.53.